The van der Waals surface area contributed by atoms with Crippen LogP contribution < -0.4 is 0 Å². The summed E-state index contributed by atoms with van der Waals surface area (Å²) < 4.78 is 5.63. The van der Waals surface area contributed by atoms with Crippen molar-refractivity contribution in [3.05, 3.63) is 48.0 Å². The van der Waals surface area contributed by atoms with Crippen LogP contribution in [0.2, 0.25) is 0 Å². The molecule has 1 aliphatic rings. The zero-order valence-corrected chi connectivity index (χ0v) is 11.9. The molecule has 3 rings (SSSR count). The molecule has 0 saturated carbocycles. The Labute approximate surface area is 119 Å². The van der Waals surface area contributed by atoms with Gasteiger partial charge < -0.3 is 4.74 Å². The smallest absolute Gasteiger partial charge is 0.0551 e. The molecule has 100 valence electrons. The summed E-state index contributed by atoms with van der Waals surface area (Å²) in [7, 11) is 0. The van der Waals surface area contributed by atoms with Crippen LogP contribution in [0.25, 0.3) is 10.8 Å². The Bertz CT molecular complexity index is 561. The lowest BCUT2D eigenvalue weighted by Gasteiger charge is -2.16. The summed E-state index contributed by atoms with van der Waals surface area (Å²) in [5.41, 5.74) is 1.35. The quantitative estimate of drug-likeness (QED) is 0.753. The van der Waals surface area contributed by atoms with Crippen molar-refractivity contribution >= 4 is 22.4 Å². The largest absolute Gasteiger partial charge is 0.378 e. The fourth-order valence-electron chi connectivity index (χ4n) is 2.95. The summed E-state index contributed by atoms with van der Waals surface area (Å²) in [6.07, 6.45) is 2.36. The molecule has 1 aliphatic heterocycles. The van der Waals surface area contributed by atoms with Crippen molar-refractivity contribution in [2.75, 3.05) is 6.61 Å². The van der Waals surface area contributed by atoms with Gasteiger partial charge in [-0.05, 0) is 36.1 Å². The third-order valence-corrected chi connectivity index (χ3v) is 4.55. The lowest BCUT2D eigenvalue weighted by Crippen LogP contribution is -2.18. The third kappa shape index (κ3) is 2.77. The summed E-state index contributed by atoms with van der Waals surface area (Å²) in [5, 5.41) is 2.78. The molecule has 0 amide bonds. The van der Waals surface area contributed by atoms with E-state index < -0.39 is 0 Å². The van der Waals surface area contributed by atoms with Crippen LogP contribution >= 0.6 is 11.6 Å². The Morgan fingerprint density at radius 3 is 2.79 bits per heavy atom. The van der Waals surface area contributed by atoms with Gasteiger partial charge in [-0.15, -0.1) is 11.6 Å². The molecule has 2 aromatic carbocycles. The molecule has 3 atom stereocenters. The van der Waals surface area contributed by atoms with Gasteiger partial charge in [0.05, 0.1) is 12.7 Å². The first-order valence-corrected chi connectivity index (χ1v) is 7.40. The Hall–Kier alpha value is -1.05. The van der Waals surface area contributed by atoms with Crippen LogP contribution in [0.1, 0.15) is 18.9 Å². The molecule has 0 aromatic heterocycles. The number of fused-ring (bicyclic) bond motifs is 1. The van der Waals surface area contributed by atoms with Gasteiger partial charge in [0.25, 0.3) is 0 Å². The summed E-state index contributed by atoms with van der Waals surface area (Å²) in [4.78, 5) is 0. The van der Waals surface area contributed by atoms with Crippen LogP contribution in [-0.2, 0) is 11.2 Å². The molecule has 1 nitrogen and oxygen atoms in total. The van der Waals surface area contributed by atoms with Crippen LogP contribution in [0.15, 0.2) is 42.5 Å². The highest BCUT2D eigenvalue weighted by Gasteiger charge is 2.28. The standard InChI is InChI=1S/C17H19ClO/c1-12-9-15(11-19-12)17(18)10-14-7-4-6-13-5-2-3-8-16(13)14/h2-8,12,15,17H,9-11H2,1H3. The number of ether oxygens (including phenoxy) is 1. The molecule has 19 heavy (non-hydrogen) atoms. The molecular formula is C17H19ClO. The van der Waals surface area contributed by atoms with Crippen LogP contribution in [0.4, 0.5) is 0 Å². The van der Waals surface area contributed by atoms with Gasteiger partial charge in [0.1, 0.15) is 0 Å². The lowest BCUT2D eigenvalue weighted by molar-refractivity contribution is 0.120. The van der Waals surface area contributed by atoms with E-state index in [1.165, 1.54) is 16.3 Å². The first-order chi connectivity index (χ1) is 9.24. The minimum Gasteiger partial charge on any atom is -0.378 e. The highest BCUT2D eigenvalue weighted by atomic mass is 35.5. The fraction of sp³-hybridized carbons (Fsp3) is 0.412. The summed E-state index contributed by atoms with van der Waals surface area (Å²) in [6, 6.07) is 15.0. The van der Waals surface area contributed by atoms with E-state index in [-0.39, 0.29) is 5.38 Å². The molecule has 0 aliphatic carbocycles. The van der Waals surface area contributed by atoms with Gasteiger partial charge >= 0.3 is 0 Å². The maximum Gasteiger partial charge on any atom is 0.0551 e. The van der Waals surface area contributed by atoms with E-state index in [2.05, 4.69) is 49.4 Å². The first kappa shape index (κ1) is 13.0. The minimum absolute atomic E-state index is 0.163. The van der Waals surface area contributed by atoms with Crippen molar-refractivity contribution in [1.82, 2.24) is 0 Å². The first-order valence-electron chi connectivity index (χ1n) is 6.96. The monoisotopic (exact) mass is 274 g/mol. The summed E-state index contributed by atoms with van der Waals surface area (Å²) in [6.45, 7) is 2.93. The van der Waals surface area contributed by atoms with Crippen molar-refractivity contribution in [3.8, 4) is 0 Å². The second kappa shape index (κ2) is 5.52. The molecule has 0 bridgehead atoms. The zero-order chi connectivity index (χ0) is 13.2. The van der Waals surface area contributed by atoms with Gasteiger partial charge in [-0.25, -0.2) is 0 Å². The van der Waals surface area contributed by atoms with E-state index in [1.807, 2.05) is 0 Å². The molecule has 2 heteroatoms. The van der Waals surface area contributed by atoms with Crippen molar-refractivity contribution in [1.29, 1.82) is 0 Å². The molecule has 1 fully saturated rings. The predicted molar refractivity (Wildman–Crippen MR) is 80.8 cm³/mol. The fourth-order valence-corrected chi connectivity index (χ4v) is 3.29. The number of rotatable bonds is 3. The normalized spacial score (nSPS) is 24.7. The molecule has 0 N–H and O–H groups in total. The van der Waals surface area contributed by atoms with E-state index >= 15 is 0 Å². The molecule has 0 radical (unpaired) electrons. The molecule has 1 saturated heterocycles. The zero-order valence-electron chi connectivity index (χ0n) is 11.2. The maximum atomic E-state index is 6.61. The SMILES string of the molecule is CC1CC(C(Cl)Cc2cccc3ccccc23)CO1. The Balaban J connectivity index is 1.81. The average molecular weight is 275 g/mol. The molecular weight excluding hydrogens is 256 g/mol. The molecule has 3 unspecified atom stereocenters. The highest BCUT2D eigenvalue weighted by Crippen LogP contribution is 2.29. The second-order valence-electron chi connectivity index (χ2n) is 5.50. The van der Waals surface area contributed by atoms with Crippen molar-refractivity contribution in [2.45, 2.75) is 31.2 Å². The second-order valence-corrected chi connectivity index (χ2v) is 6.06. The van der Waals surface area contributed by atoms with Crippen molar-refractivity contribution in [2.24, 2.45) is 5.92 Å². The van der Waals surface area contributed by atoms with E-state index in [1.54, 1.807) is 0 Å². The van der Waals surface area contributed by atoms with Crippen molar-refractivity contribution < 1.29 is 4.74 Å². The van der Waals surface area contributed by atoms with Crippen LogP contribution in [0.3, 0.4) is 0 Å². The topological polar surface area (TPSA) is 9.23 Å². The summed E-state index contributed by atoms with van der Waals surface area (Å²) in [5.74, 6) is 0.482. The van der Waals surface area contributed by atoms with Gasteiger partial charge in [0.15, 0.2) is 0 Å². The van der Waals surface area contributed by atoms with Gasteiger partial charge in [-0.2, -0.15) is 0 Å². The maximum absolute atomic E-state index is 6.61. The van der Waals surface area contributed by atoms with Gasteiger partial charge in [-0.1, -0.05) is 42.5 Å². The van der Waals surface area contributed by atoms with E-state index in [9.17, 15) is 0 Å². The lowest BCUT2D eigenvalue weighted by atomic mass is 9.94. The van der Waals surface area contributed by atoms with E-state index in [0.717, 1.165) is 19.4 Å². The molecule has 1 heterocycles. The number of hydrogen-bond donors (Lipinski definition) is 0. The highest BCUT2D eigenvalue weighted by molar-refractivity contribution is 6.21. The average Bonchev–Trinajstić information content (AvgIpc) is 2.86. The van der Waals surface area contributed by atoms with E-state index in [0.29, 0.717) is 12.0 Å². The minimum atomic E-state index is 0.163. The summed E-state index contributed by atoms with van der Waals surface area (Å²) >= 11 is 6.61. The Morgan fingerprint density at radius 1 is 1.21 bits per heavy atom. The van der Waals surface area contributed by atoms with Crippen LogP contribution in [0.5, 0.6) is 0 Å². The molecule has 2 aromatic rings. The Morgan fingerprint density at radius 2 is 2.00 bits per heavy atom. The Kier molecular flexibility index (Phi) is 3.76. The van der Waals surface area contributed by atoms with Gasteiger partial charge in [0.2, 0.25) is 0 Å². The number of halogens is 1. The number of hydrogen-bond acceptors (Lipinski definition) is 1. The predicted octanol–water partition coefficient (Wildman–Crippen LogP) is 4.41. The molecule has 0 spiro atoms. The van der Waals surface area contributed by atoms with Gasteiger partial charge in [-0.3, -0.25) is 0 Å². The number of alkyl halides is 1. The van der Waals surface area contributed by atoms with Crippen LogP contribution in [0, 0.1) is 5.92 Å². The van der Waals surface area contributed by atoms with Crippen LogP contribution in [-0.4, -0.2) is 18.1 Å². The van der Waals surface area contributed by atoms with Gasteiger partial charge in [0, 0.05) is 11.3 Å². The van der Waals surface area contributed by atoms with Crippen molar-refractivity contribution in [3.63, 3.8) is 0 Å². The van der Waals surface area contributed by atoms with E-state index in [4.69, 9.17) is 16.3 Å². The third-order valence-electron chi connectivity index (χ3n) is 4.04. The number of benzene rings is 2.